The van der Waals surface area contributed by atoms with Crippen molar-refractivity contribution in [2.45, 2.75) is 6.04 Å². The van der Waals surface area contributed by atoms with Crippen molar-refractivity contribution in [1.29, 1.82) is 0 Å². The number of Topliss-reactive ketones (excluding diaryl/α,β-unsaturated/α-hetero) is 1. The van der Waals surface area contributed by atoms with Gasteiger partial charge in [-0.25, -0.2) is 0 Å². The maximum Gasteiger partial charge on any atom is 0.300 e. The van der Waals surface area contributed by atoms with E-state index in [2.05, 4.69) is 0 Å². The molecule has 0 saturated carbocycles. The SMILES string of the molecule is COc1ccc(C2/C(=C(\O)c3cc(Cl)cc(Cl)c3OC)C(=O)C(=O)N2c2ccc(Cl)cc2)cc1O. The van der Waals surface area contributed by atoms with E-state index in [-0.39, 0.29) is 38.4 Å². The minimum atomic E-state index is -1.12. The van der Waals surface area contributed by atoms with E-state index in [1.807, 2.05) is 0 Å². The van der Waals surface area contributed by atoms with Crippen LogP contribution in [-0.2, 0) is 9.59 Å². The summed E-state index contributed by atoms with van der Waals surface area (Å²) in [6, 6.07) is 12.4. The molecule has 180 valence electrons. The van der Waals surface area contributed by atoms with E-state index in [9.17, 15) is 19.8 Å². The van der Waals surface area contributed by atoms with Crippen molar-refractivity contribution in [2.24, 2.45) is 0 Å². The number of hydrogen-bond acceptors (Lipinski definition) is 6. The maximum absolute atomic E-state index is 13.3. The van der Waals surface area contributed by atoms with Crippen LogP contribution < -0.4 is 14.4 Å². The molecule has 7 nitrogen and oxygen atoms in total. The van der Waals surface area contributed by atoms with Gasteiger partial charge in [0.25, 0.3) is 11.7 Å². The predicted octanol–water partition coefficient (Wildman–Crippen LogP) is 6.00. The highest BCUT2D eigenvalue weighted by molar-refractivity contribution is 6.52. The third-order valence-electron chi connectivity index (χ3n) is 5.54. The van der Waals surface area contributed by atoms with Gasteiger partial charge < -0.3 is 19.7 Å². The molecule has 1 saturated heterocycles. The molecule has 0 aromatic heterocycles. The molecule has 0 radical (unpaired) electrons. The Balaban J connectivity index is 2.01. The first kappa shape index (κ1) is 24.7. The largest absolute Gasteiger partial charge is 0.507 e. The highest BCUT2D eigenvalue weighted by Gasteiger charge is 2.47. The molecule has 1 atom stereocenters. The van der Waals surface area contributed by atoms with Crippen LogP contribution in [0.5, 0.6) is 17.2 Å². The average molecular weight is 535 g/mol. The number of carbonyl (C=O) groups is 2. The number of ether oxygens (including phenoxy) is 2. The molecule has 35 heavy (non-hydrogen) atoms. The van der Waals surface area contributed by atoms with E-state index in [1.165, 1.54) is 43.4 Å². The predicted molar refractivity (Wildman–Crippen MR) is 134 cm³/mol. The Morgan fingerprint density at radius 2 is 1.60 bits per heavy atom. The van der Waals surface area contributed by atoms with Crippen LogP contribution in [0.4, 0.5) is 5.69 Å². The van der Waals surface area contributed by atoms with Crippen molar-refractivity contribution in [3.63, 3.8) is 0 Å². The Labute approximate surface area is 215 Å². The van der Waals surface area contributed by atoms with E-state index in [1.54, 1.807) is 30.3 Å². The van der Waals surface area contributed by atoms with Crippen molar-refractivity contribution in [3.8, 4) is 17.2 Å². The number of rotatable bonds is 5. The van der Waals surface area contributed by atoms with Crippen LogP contribution in [0.3, 0.4) is 0 Å². The molecular formula is C25H18Cl3NO6. The van der Waals surface area contributed by atoms with E-state index in [0.29, 0.717) is 16.3 Å². The Kier molecular flexibility index (Phi) is 6.85. The number of amides is 1. The van der Waals surface area contributed by atoms with Gasteiger partial charge in [0.05, 0.1) is 36.4 Å². The molecule has 0 aliphatic carbocycles. The molecule has 1 fully saturated rings. The van der Waals surface area contributed by atoms with Gasteiger partial charge >= 0.3 is 0 Å². The number of phenols is 1. The molecule has 3 aromatic carbocycles. The maximum atomic E-state index is 13.3. The van der Waals surface area contributed by atoms with E-state index < -0.39 is 23.5 Å². The van der Waals surface area contributed by atoms with Gasteiger partial charge in [-0.2, -0.15) is 0 Å². The first-order valence-electron chi connectivity index (χ1n) is 10.1. The fourth-order valence-electron chi connectivity index (χ4n) is 3.98. The lowest BCUT2D eigenvalue weighted by Gasteiger charge is -2.26. The lowest BCUT2D eigenvalue weighted by molar-refractivity contribution is -0.132. The monoisotopic (exact) mass is 533 g/mol. The fourth-order valence-corrected chi connectivity index (χ4v) is 4.68. The minimum absolute atomic E-state index is 0.0295. The number of carbonyl (C=O) groups excluding carboxylic acids is 2. The number of methoxy groups -OCH3 is 2. The Morgan fingerprint density at radius 1 is 0.914 bits per heavy atom. The van der Waals surface area contributed by atoms with E-state index >= 15 is 0 Å². The van der Waals surface area contributed by atoms with Gasteiger partial charge in [0.1, 0.15) is 11.5 Å². The zero-order valence-electron chi connectivity index (χ0n) is 18.4. The van der Waals surface area contributed by atoms with Crippen LogP contribution >= 0.6 is 34.8 Å². The topological polar surface area (TPSA) is 96.3 Å². The summed E-state index contributed by atoms with van der Waals surface area (Å²) in [4.78, 5) is 27.8. The quantitative estimate of drug-likeness (QED) is 0.237. The number of hydrogen-bond donors (Lipinski definition) is 2. The molecule has 1 heterocycles. The molecular weight excluding hydrogens is 517 g/mol. The molecule has 10 heteroatoms. The highest BCUT2D eigenvalue weighted by atomic mass is 35.5. The van der Waals surface area contributed by atoms with Crippen LogP contribution in [0.15, 0.2) is 60.2 Å². The van der Waals surface area contributed by atoms with Gasteiger partial charge in [0.15, 0.2) is 11.5 Å². The third kappa shape index (κ3) is 4.38. The molecule has 3 aromatic rings. The van der Waals surface area contributed by atoms with Crippen molar-refractivity contribution in [1.82, 2.24) is 0 Å². The zero-order chi connectivity index (χ0) is 25.4. The lowest BCUT2D eigenvalue weighted by atomic mass is 9.94. The number of anilines is 1. The Morgan fingerprint density at radius 3 is 2.20 bits per heavy atom. The molecule has 1 unspecified atom stereocenters. The van der Waals surface area contributed by atoms with Crippen LogP contribution in [-0.4, -0.2) is 36.1 Å². The number of benzene rings is 3. The molecule has 4 rings (SSSR count). The van der Waals surface area contributed by atoms with E-state index in [0.717, 1.165) is 0 Å². The second-order valence-electron chi connectivity index (χ2n) is 7.55. The minimum Gasteiger partial charge on any atom is -0.507 e. The summed E-state index contributed by atoms with van der Waals surface area (Å²) in [7, 11) is 2.74. The number of phenolic OH excluding ortho intramolecular Hbond substituents is 1. The second-order valence-corrected chi connectivity index (χ2v) is 8.83. The third-order valence-corrected chi connectivity index (χ3v) is 6.29. The summed E-state index contributed by atoms with van der Waals surface area (Å²) in [5, 5.41) is 22.5. The Bertz CT molecular complexity index is 1370. The van der Waals surface area contributed by atoms with Crippen molar-refractivity contribution in [2.75, 3.05) is 19.1 Å². The highest BCUT2D eigenvalue weighted by Crippen LogP contribution is 2.46. The molecule has 2 N–H and O–H groups in total. The van der Waals surface area contributed by atoms with Crippen LogP contribution in [0.1, 0.15) is 17.2 Å². The van der Waals surface area contributed by atoms with Crippen LogP contribution in [0.25, 0.3) is 5.76 Å². The first-order chi connectivity index (χ1) is 16.7. The molecule has 1 aliphatic heterocycles. The van der Waals surface area contributed by atoms with Crippen molar-refractivity contribution < 1.29 is 29.3 Å². The molecule has 1 amide bonds. The summed E-state index contributed by atoms with van der Waals surface area (Å²) < 4.78 is 10.4. The van der Waals surface area contributed by atoms with Gasteiger partial charge in [-0.1, -0.05) is 40.9 Å². The number of aromatic hydroxyl groups is 1. The summed E-state index contributed by atoms with van der Waals surface area (Å²) >= 11 is 18.4. The van der Waals surface area contributed by atoms with Gasteiger partial charge in [-0.3, -0.25) is 14.5 Å². The van der Waals surface area contributed by atoms with Crippen LogP contribution in [0.2, 0.25) is 15.1 Å². The standard InChI is InChI=1S/C25H18Cl3NO6/c1-34-19-8-3-12(9-18(19)30)21-20(22(31)16-10-14(27)11-17(28)24(16)35-2)23(32)25(33)29(21)15-6-4-13(26)5-7-15/h3-11,21,30-31H,1-2H3/b22-20+. The van der Waals surface area contributed by atoms with Crippen LogP contribution in [0, 0.1) is 0 Å². The fraction of sp³-hybridized carbons (Fsp3) is 0.120. The van der Waals surface area contributed by atoms with Gasteiger partial charge in [-0.15, -0.1) is 0 Å². The summed E-state index contributed by atoms with van der Waals surface area (Å²) in [6.07, 6.45) is 0. The smallest absolute Gasteiger partial charge is 0.300 e. The summed E-state index contributed by atoms with van der Waals surface area (Å²) in [5.74, 6) is -2.32. The van der Waals surface area contributed by atoms with Crippen molar-refractivity contribution >= 4 is 57.9 Å². The summed E-state index contributed by atoms with van der Waals surface area (Å²) in [5.41, 5.74) is 0.478. The lowest BCUT2D eigenvalue weighted by Crippen LogP contribution is -2.29. The number of halogens is 3. The first-order valence-corrected chi connectivity index (χ1v) is 11.3. The number of nitrogens with zero attached hydrogens (tertiary/aromatic N) is 1. The second kappa shape index (κ2) is 9.70. The zero-order valence-corrected chi connectivity index (χ0v) is 20.6. The summed E-state index contributed by atoms with van der Waals surface area (Å²) in [6.45, 7) is 0. The number of aliphatic hydroxyl groups excluding tert-OH is 1. The van der Waals surface area contributed by atoms with E-state index in [4.69, 9.17) is 44.3 Å². The van der Waals surface area contributed by atoms with Gasteiger partial charge in [0, 0.05) is 15.7 Å². The molecule has 1 aliphatic rings. The molecule has 0 spiro atoms. The Hall–Kier alpha value is -3.39. The average Bonchev–Trinajstić information content (AvgIpc) is 3.09. The van der Waals surface area contributed by atoms with Gasteiger partial charge in [-0.05, 0) is 54.1 Å². The molecule has 0 bridgehead atoms. The van der Waals surface area contributed by atoms with Crippen molar-refractivity contribution in [3.05, 3.63) is 86.4 Å². The van der Waals surface area contributed by atoms with Gasteiger partial charge in [0.2, 0.25) is 0 Å². The number of ketones is 1. The number of aliphatic hydroxyl groups is 1. The normalized spacial score (nSPS) is 17.1.